The fraction of sp³-hybridized carbons (Fsp3) is 0.211. The maximum Gasteiger partial charge on any atom is 0.276 e. The summed E-state index contributed by atoms with van der Waals surface area (Å²) in [6.07, 6.45) is 4.20. The zero-order valence-corrected chi connectivity index (χ0v) is 16.6. The number of nitro benzene ring substituents is 1. The molecule has 0 saturated carbocycles. The number of aromatic amines is 3. The summed E-state index contributed by atoms with van der Waals surface area (Å²) in [4.78, 5) is 47.7. The van der Waals surface area contributed by atoms with Crippen LogP contribution in [-0.4, -0.2) is 24.9 Å². The first-order valence-electron chi connectivity index (χ1n) is 8.60. The van der Waals surface area contributed by atoms with E-state index in [9.17, 15) is 19.7 Å². The van der Waals surface area contributed by atoms with Gasteiger partial charge in [-0.25, -0.2) is 4.98 Å². The van der Waals surface area contributed by atoms with Gasteiger partial charge in [-0.3, -0.25) is 19.7 Å². The molecule has 0 radical (unpaired) electrons. The van der Waals surface area contributed by atoms with Crippen molar-refractivity contribution < 1.29 is 4.92 Å². The smallest absolute Gasteiger partial charge is 0.276 e. The molecule has 0 spiro atoms. The van der Waals surface area contributed by atoms with Crippen molar-refractivity contribution in [3.63, 3.8) is 0 Å². The number of nitrogens with zero attached hydrogens (tertiary/aromatic N) is 2. The van der Waals surface area contributed by atoms with Crippen molar-refractivity contribution >= 4 is 29.4 Å². The molecule has 0 unspecified atom stereocenters. The molecule has 0 aliphatic heterocycles. The fourth-order valence-corrected chi connectivity index (χ4v) is 2.99. The van der Waals surface area contributed by atoms with Gasteiger partial charge in [0.05, 0.1) is 22.5 Å². The van der Waals surface area contributed by atoms with Crippen LogP contribution >= 0.6 is 11.6 Å². The number of hydrogen-bond donors (Lipinski definition) is 3. The molecule has 3 aromatic rings. The van der Waals surface area contributed by atoms with Crippen molar-refractivity contribution in [3.8, 4) is 0 Å². The quantitative estimate of drug-likeness (QED) is 0.437. The molecule has 3 rings (SSSR count). The first-order chi connectivity index (χ1) is 13.6. The predicted octanol–water partition coefficient (Wildman–Crippen LogP) is 1.30. The zero-order valence-electron chi connectivity index (χ0n) is 15.9. The number of aromatic nitrogens is 4. The van der Waals surface area contributed by atoms with Crippen molar-refractivity contribution in [1.82, 2.24) is 19.9 Å². The van der Waals surface area contributed by atoms with Crippen LogP contribution in [0, 0.1) is 10.1 Å². The van der Waals surface area contributed by atoms with E-state index in [2.05, 4.69) is 19.9 Å². The van der Waals surface area contributed by atoms with Crippen molar-refractivity contribution in [3.05, 3.63) is 88.0 Å². The number of H-pyrrole nitrogens is 3. The van der Waals surface area contributed by atoms with E-state index in [0.717, 1.165) is 5.69 Å². The third-order valence-corrected chi connectivity index (χ3v) is 4.41. The maximum absolute atomic E-state index is 12.5. The van der Waals surface area contributed by atoms with Crippen LogP contribution in [0.4, 0.5) is 5.69 Å². The molecule has 0 atom stereocenters. The predicted molar refractivity (Wildman–Crippen MR) is 109 cm³/mol. The third-order valence-electron chi connectivity index (χ3n) is 4.17. The van der Waals surface area contributed by atoms with E-state index < -0.39 is 16.0 Å². The fourth-order valence-electron chi connectivity index (χ4n) is 2.81. The Morgan fingerprint density at radius 2 is 1.72 bits per heavy atom. The molecule has 3 N–H and O–H groups in total. The Kier molecular flexibility index (Phi) is 5.25. The van der Waals surface area contributed by atoms with E-state index >= 15 is 0 Å². The van der Waals surface area contributed by atoms with Crippen LogP contribution in [0.15, 0.2) is 34.1 Å². The summed E-state index contributed by atoms with van der Waals surface area (Å²) in [5, 5.41) is 11.3. The minimum atomic E-state index is -0.613. The summed E-state index contributed by atoms with van der Waals surface area (Å²) in [6.45, 7) is 5.96. The largest absolute Gasteiger partial charge is 0.348 e. The Hall–Kier alpha value is -3.46. The molecule has 2 heterocycles. The van der Waals surface area contributed by atoms with Crippen molar-refractivity contribution in [2.24, 2.45) is 0 Å². The van der Waals surface area contributed by atoms with Crippen LogP contribution in [0.5, 0.6) is 0 Å². The van der Waals surface area contributed by atoms with Gasteiger partial charge in [-0.15, -0.1) is 0 Å². The Morgan fingerprint density at radius 3 is 2.31 bits per heavy atom. The van der Waals surface area contributed by atoms with Gasteiger partial charge in [-0.2, -0.15) is 0 Å². The Bertz CT molecular complexity index is 1330. The number of nitro groups is 1. The SMILES string of the molecule is CC(C)(C)c1[nH]cnc1/C=c1\[nH]c(=O)/c(=C/c2cc(Cl)ccc2[N+](=O)[O-])[nH]c1=O. The normalized spacial score (nSPS) is 13.1. The molecular weight excluding hydrogens is 398 g/mol. The average Bonchev–Trinajstić information content (AvgIpc) is 3.07. The summed E-state index contributed by atoms with van der Waals surface area (Å²) < 4.78 is 0. The van der Waals surface area contributed by atoms with Gasteiger partial charge in [0.2, 0.25) is 0 Å². The first-order valence-corrected chi connectivity index (χ1v) is 8.98. The highest BCUT2D eigenvalue weighted by molar-refractivity contribution is 6.30. The van der Waals surface area contributed by atoms with Crippen molar-refractivity contribution in [1.29, 1.82) is 0 Å². The summed E-state index contributed by atoms with van der Waals surface area (Å²) in [5.41, 5.74) is -0.223. The van der Waals surface area contributed by atoms with Gasteiger partial charge in [0.1, 0.15) is 10.7 Å². The van der Waals surface area contributed by atoms with Crippen LogP contribution in [0.3, 0.4) is 0 Å². The molecule has 1 aromatic carbocycles. The molecule has 0 fully saturated rings. The molecule has 0 amide bonds. The molecule has 2 aromatic heterocycles. The highest BCUT2D eigenvalue weighted by Crippen LogP contribution is 2.23. The lowest BCUT2D eigenvalue weighted by molar-refractivity contribution is -0.385. The zero-order chi connectivity index (χ0) is 21.3. The minimum Gasteiger partial charge on any atom is -0.348 e. The molecule has 9 nitrogen and oxygen atoms in total. The Balaban J connectivity index is 2.19. The molecule has 0 aliphatic rings. The molecular formula is C19H18ClN5O4. The first kappa shape index (κ1) is 20.3. The topological polar surface area (TPSA) is 138 Å². The van der Waals surface area contributed by atoms with E-state index in [1.54, 1.807) is 0 Å². The van der Waals surface area contributed by atoms with E-state index in [1.165, 1.54) is 36.7 Å². The number of nitrogens with one attached hydrogen (secondary N) is 3. The standard InChI is InChI=1S/C19H18ClN5O4/c1-19(2,3)16-12(21-9-22-16)8-14-18(27)23-13(17(26)24-14)7-10-6-11(20)4-5-15(10)25(28)29/h4-9H,1-3H3,(H,21,22)(H,23,27)(H,24,26)/b13-7-,14-8-. The van der Waals surface area contributed by atoms with E-state index in [4.69, 9.17) is 11.6 Å². The van der Waals surface area contributed by atoms with E-state index in [-0.39, 0.29) is 32.4 Å². The molecule has 0 aliphatic carbocycles. The maximum atomic E-state index is 12.5. The van der Waals surface area contributed by atoms with E-state index in [0.29, 0.717) is 5.69 Å². The van der Waals surface area contributed by atoms with Gasteiger partial charge in [0.15, 0.2) is 0 Å². The highest BCUT2D eigenvalue weighted by Gasteiger charge is 2.19. The summed E-state index contributed by atoms with van der Waals surface area (Å²) in [7, 11) is 0. The van der Waals surface area contributed by atoms with Gasteiger partial charge in [0.25, 0.3) is 16.8 Å². The van der Waals surface area contributed by atoms with Crippen LogP contribution in [0.1, 0.15) is 37.7 Å². The number of rotatable bonds is 3. The van der Waals surface area contributed by atoms with Gasteiger partial charge >= 0.3 is 0 Å². The minimum absolute atomic E-state index is 0.0188. The van der Waals surface area contributed by atoms with Crippen LogP contribution < -0.4 is 21.8 Å². The average molecular weight is 416 g/mol. The summed E-state index contributed by atoms with van der Waals surface area (Å²) in [6, 6.07) is 3.95. The van der Waals surface area contributed by atoms with Crippen LogP contribution in [0.2, 0.25) is 5.02 Å². The second-order valence-corrected chi connectivity index (χ2v) is 7.83. The third kappa shape index (κ3) is 4.35. The van der Waals surface area contributed by atoms with Gasteiger partial charge in [0, 0.05) is 22.2 Å². The second-order valence-electron chi connectivity index (χ2n) is 7.40. The van der Waals surface area contributed by atoms with Gasteiger partial charge < -0.3 is 15.0 Å². The Labute approximate surface area is 169 Å². The molecule has 10 heteroatoms. The second kappa shape index (κ2) is 7.51. The summed E-state index contributed by atoms with van der Waals surface area (Å²) >= 11 is 5.90. The lowest BCUT2D eigenvalue weighted by Crippen LogP contribution is -2.46. The van der Waals surface area contributed by atoms with Crippen LogP contribution in [-0.2, 0) is 5.41 Å². The van der Waals surface area contributed by atoms with Crippen LogP contribution in [0.25, 0.3) is 12.2 Å². The highest BCUT2D eigenvalue weighted by atomic mass is 35.5. The van der Waals surface area contributed by atoms with Crippen molar-refractivity contribution in [2.75, 3.05) is 0 Å². The number of hydrogen-bond acceptors (Lipinski definition) is 5. The summed E-state index contributed by atoms with van der Waals surface area (Å²) in [5.74, 6) is 0. The van der Waals surface area contributed by atoms with Gasteiger partial charge in [-0.05, 0) is 24.3 Å². The number of benzene rings is 1. The Morgan fingerprint density at radius 1 is 1.10 bits per heavy atom. The molecule has 29 heavy (non-hydrogen) atoms. The monoisotopic (exact) mass is 415 g/mol. The number of imidazole rings is 1. The lowest BCUT2D eigenvalue weighted by atomic mass is 9.90. The van der Waals surface area contributed by atoms with E-state index in [1.807, 2.05) is 20.8 Å². The molecule has 150 valence electrons. The van der Waals surface area contributed by atoms with Gasteiger partial charge in [-0.1, -0.05) is 32.4 Å². The molecule has 0 saturated heterocycles. The lowest BCUT2D eigenvalue weighted by Gasteiger charge is -2.16. The van der Waals surface area contributed by atoms with Crippen molar-refractivity contribution in [2.45, 2.75) is 26.2 Å². The molecule has 0 bridgehead atoms. The number of halogens is 1.